The molecule has 0 aliphatic rings. The van der Waals surface area contributed by atoms with Crippen LogP contribution in [0.15, 0.2) is 10.6 Å². The lowest BCUT2D eigenvalue weighted by atomic mass is 9.86. The van der Waals surface area contributed by atoms with E-state index in [1.807, 2.05) is 20.8 Å². The first-order valence-electron chi connectivity index (χ1n) is 4.07. The maximum Gasteiger partial charge on any atom is 0.304 e. The van der Waals surface area contributed by atoms with Crippen LogP contribution in [0, 0.1) is 6.92 Å². The first-order chi connectivity index (χ1) is 5.92. The summed E-state index contributed by atoms with van der Waals surface area (Å²) in [7, 11) is 0. The van der Waals surface area contributed by atoms with Gasteiger partial charge in [0.25, 0.3) is 0 Å². The fourth-order valence-electron chi connectivity index (χ4n) is 1.15. The third kappa shape index (κ3) is 2.31. The molecule has 0 fully saturated rings. The molecule has 1 aromatic heterocycles. The monoisotopic (exact) mass is 183 g/mol. The minimum atomic E-state index is -0.834. The van der Waals surface area contributed by atoms with Crippen LogP contribution in [0.5, 0.6) is 0 Å². The van der Waals surface area contributed by atoms with E-state index in [0.717, 1.165) is 5.69 Å². The Balaban J connectivity index is 2.86. The number of carboxylic acid groups (broad SMARTS) is 1. The second kappa shape index (κ2) is 3.20. The Kier molecular flexibility index (Phi) is 2.40. The second-order valence-electron chi connectivity index (χ2n) is 3.79. The van der Waals surface area contributed by atoms with Crippen molar-refractivity contribution in [1.82, 2.24) is 5.16 Å². The van der Waals surface area contributed by atoms with Crippen LogP contribution >= 0.6 is 0 Å². The first kappa shape index (κ1) is 9.77. The molecule has 4 heteroatoms. The van der Waals surface area contributed by atoms with Gasteiger partial charge in [-0.3, -0.25) is 4.79 Å². The Morgan fingerprint density at radius 3 is 2.69 bits per heavy atom. The van der Waals surface area contributed by atoms with Crippen LogP contribution < -0.4 is 0 Å². The summed E-state index contributed by atoms with van der Waals surface area (Å²) < 4.78 is 5.02. The number of carbonyl (C=O) groups is 1. The van der Waals surface area contributed by atoms with Crippen LogP contribution in [0.2, 0.25) is 0 Å². The van der Waals surface area contributed by atoms with Gasteiger partial charge in [0.1, 0.15) is 5.76 Å². The number of rotatable bonds is 3. The summed E-state index contributed by atoms with van der Waals surface area (Å²) >= 11 is 0. The van der Waals surface area contributed by atoms with Crippen molar-refractivity contribution >= 4 is 5.97 Å². The highest BCUT2D eigenvalue weighted by Crippen LogP contribution is 2.27. The number of hydrogen-bond acceptors (Lipinski definition) is 3. The molecule has 1 aromatic rings. The average Bonchev–Trinajstić information content (AvgIpc) is 2.32. The molecule has 0 aromatic carbocycles. The molecule has 4 nitrogen and oxygen atoms in total. The number of hydrogen-bond donors (Lipinski definition) is 1. The van der Waals surface area contributed by atoms with Gasteiger partial charge in [-0.15, -0.1) is 0 Å². The number of nitrogens with zero attached hydrogens (tertiary/aromatic N) is 1. The molecule has 0 atom stereocenters. The van der Waals surface area contributed by atoms with Crippen LogP contribution in [-0.4, -0.2) is 16.2 Å². The highest BCUT2D eigenvalue weighted by Gasteiger charge is 2.28. The molecule has 0 saturated carbocycles. The molecule has 1 N–H and O–H groups in total. The molecule has 0 radical (unpaired) electrons. The predicted molar refractivity (Wildman–Crippen MR) is 46.5 cm³/mol. The zero-order valence-corrected chi connectivity index (χ0v) is 8.00. The minimum Gasteiger partial charge on any atom is -0.481 e. The third-order valence-corrected chi connectivity index (χ3v) is 1.89. The van der Waals surface area contributed by atoms with Crippen molar-refractivity contribution in [1.29, 1.82) is 0 Å². The number of aliphatic carboxylic acids is 1. The van der Waals surface area contributed by atoms with Crippen molar-refractivity contribution in [2.45, 2.75) is 32.6 Å². The molecule has 1 heterocycles. The van der Waals surface area contributed by atoms with Crippen LogP contribution in [0.1, 0.15) is 31.7 Å². The van der Waals surface area contributed by atoms with Crippen molar-refractivity contribution in [2.75, 3.05) is 0 Å². The fraction of sp³-hybridized carbons (Fsp3) is 0.556. The summed E-state index contributed by atoms with van der Waals surface area (Å²) in [5, 5.41) is 12.4. The zero-order chi connectivity index (χ0) is 10.1. The molecule has 72 valence electrons. The van der Waals surface area contributed by atoms with Gasteiger partial charge in [0.05, 0.1) is 12.1 Å². The highest BCUT2D eigenvalue weighted by molar-refractivity contribution is 5.68. The van der Waals surface area contributed by atoms with Gasteiger partial charge in [-0.05, 0) is 6.92 Å². The molecule has 0 amide bonds. The van der Waals surface area contributed by atoms with Gasteiger partial charge in [0.2, 0.25) is 0 Å². The lowest BCUT2D eigenvalue weighted by molar-refractivity contribution is -0.138. The van der Waals surface area contributed by atoms with E-state index in [4.69, 9.17) is 9.63 Å². The maximum absolute atomic E-state index is 10.5. The molecule has 0 aliphatic carbocycles. The third-order valence-electron chi connectivity index (χ3n) is 1.89. The van der Waals surface area contributed by atoms with E-state index in [1.165, 1.54) is 0 Å². The van der Waals surface area contributed by atoms with Crippen LogP contribution in [0.25, 0.3) is 0 Å². The lowest BCUT2D eigenvalue weighted by Gasteiger charge is -2.17. The van der Waals surface area contributed by atoms with E-state index in [-0.39, 0.29) is 6.42 Å². The lowest BCUT2D eigenvalue weighted by Crippen LogP contribution is -2.20. The van der Waals surface area contributed by atoms with Crippen molar-refractivity contribution in [3.63, 3.8) is 0 Å². The number of aryl methyl sites for hydroxylation is 1. The summed E-state index contributed by atoms with van der Waals surface area (Å²) in [4.78, 5) is 10.5. The molecular weight excluding hydrogens is 170 g/mol. The fourth-order valence-corrected chi connectivity index (χ4v) is 1.15. The predicted octanol–water partition coefficient (Wildman–Crippen LogP) is 1.74. The van der Waals surface area contributed by atoms with Gasteiger partial charge in [-0.25, -0.2) is 0 Å². The molecular formula is C9H13NO3. The topological polar surface area (TPSA) is 63.3 Å². The Bertz CT molecular complexity index is 314. The molecule has 0 aliphatic heterocycles. The van der Waals surface area contributed by atoms with Gasteiger partial charge in [0, 0.05) is 11.5 Å². The molecule has 13 heavy (non-hydrogen) atoms. The van der Waals surface area contributed by atoms with Crippen LogP contribution in [-0.2, 0) is 10.2 Å². The Hall–Kier alpha value is -1.32. The minimum absolute atomic E-state index is 0.0433. The largest absolute Gasteiger partial charge is 0.481 e. The standard InChI is InChI=1S/C9H13NO3/c1-6-4-7(13-10-6)9(2,3)5-8(11)12/h4H,5H2,1-3H3,(H,11,12). The van der Waals surface area contributed by atoms with Gasteiger partial charge >= 0.3 is 5.97 Å². The van der Waals surface area contributed by atoms with E-state index >= 15 is 0 Å². The Labute approximate surface area is 76.5 Å². The molecule has 0 unspecified atom stereocenters. The van der Waals surface area contributed by atoms with Gasteiger partial charge in [-0.2, -0.15) is 0 Å². The van der Waals surface area contributed by atoms with Crippen LogP contribution in [0.3, 0.4) is 0 Å². The van der Waals surface area contributed by atoms with Crippen molar-refractivity contribution in [3.8, 4) is 0 Å². The number of carboxylic acids is 1. The second-order valence-corrected chi connectivity index (χ2v) is 3.79. The quantitative estimate of drug-likeness (QED) is 0.775. The van der Waals surface area contributed by atoms with Crippen molar-refractivity contribution in [2.24, 2.45) is 0 Å². The van der Waals surface area contributed by atoms with Gasteiger partial charge in [0.15, 0.2) is 0 Å². The summed E-state index contributed by atoms with van der Waals surface area (Å²) in [6.45, 7) is 5.45. The Morgan fingerprint density at radius 1 is 1.69 bits per heavy atom. The van der Waals surface area contributed by atoms with Gasteiger partial charge in [-0.1, -0.05) is 19.0 Å². The Morgan fingerprint density at radius 2 is 2.31 bits per heavy atom. The van der Waals surface area contributed by atoms with E-state index in [2.05, 4.69) is 5.16 Å². The zero-order valence-electron chi connectivity index (χ0n) is 8.00. The maximum atomic E-state index is 10.5. The van der Waals surface area contributed by atoms with E-state index < -0.39 is 11.4 Å². The summed E-state index contributed by atoms with van der Waals surface area (Å²) in [5.74, 6) is -0.216. The average molecular weight is 183 g/mol. The van der Waals surface area contributed by atoms with Gasteiger partial charge < -0.3 is 9.63 Å². The molecule has 0 bridgehead atoms. The van der Waals surface area contributed by atoms with Crippen molar-refractivity contribution < 1.29 is 14.4 Å². The first-order valence-corrected chi connectivity index (χ1v) is 4.07. The summed E-state index contributed by atoms with van der Waals surface area (Å²) in [6, 6.07) is 1.77. The van der Waals surface area contributed by atoms with Crippen LogP contribution in [0.4, 0.5) is 0 Å². The van der Waals surface area contributed by atoms with E-state index in [0.29, 0.717) is 5.76 Å². The van der Waals surface area contributed by atoms with E-state index in [1.54, 1.807) is 6.07 Å². The summed E-state index contributed by atoms with van der Waals surface area (Å²) in [6.07, 6.45) is 0.0433. The highest BCUT2D eigenvalue weighted by atomic mass is 16.5. The smallest absolute Gasteiger partial charge is 0.304 e. The molecule has 1 rings (SSSR count). The SMILES string of the molecule is Cc1cc(C(C)(C)CC(=O)O)on1. The normalized spacial score (nSPS) is 11.6. The molecule has 0 spiro atoms. The number of aromatic nitrogens is 1. The van der Waals surface area contributed by atoms with E-state index in [9.17, 15) is 4.79 Å². The van der Waals surface area contributed by atoms with Crippen molar-refractivity contribution in [3.05, 3.63) is 17.5 Å². The molecule has 0 saturated heterocycles. The summed E-state index contributed by atoms with van der Waals surface area (Å²) in [5.41, 5.74) is 0.279.